The van der Waals surface area contributed by atoms with Gasteiger partial charge in [0.1, 0.15) is 23.2 Å². The van der Waals surface area contributed by atoms with Crippen LogP contribution in [0.3, 0.4) is 0 Å². The highest BCUT2D eigenvalue weighted by atomic mass is 35.5. The third-order valence-corrected chi connectivity index (χ3v) is 6.15. The van der Waals surface area contributed by atoms with Gasteiger partial charge in [-0.15, -0.1) is 11.8 Å². The lowest BCUT2D eigenvalue weighted by molar-refractivity contribution is -0.137. The molecule has 3 N–H and O–H groups in total. The van der Waals surface area contributed by atoms with Gasteiger partial charge in [-0.3, -0.25) is 9.78 Å². The van der Waals surface area contributed by atoms with Crippen molar-refractivity contribution in [2.75, 3.05) is 16.4 Å². The number of carboxylic acids is 1. The van der Waals surface area contributed by atoms with Crippen LogP contribution < -0.4 is 10.6 Å². The standard InChI is InChI=1S/C22H21Cl2N5O3S/c1-2-7-33-19-9-18(26-12-27-19)29-17(22(31)32)8-13-3-5-14(6-4-13)28-21(30)20-15(23)10-25-11-16(20)24/h3-6,9-12,17H,2,7-8H2,1H3,(H,28,30)(H,31,32)(H,26,27,29)/t17-/m0/s1. The van der Waals surface area contributed by atoms with Crippen LogP contribution in [-0.4, -0.2) is 43.7 Å². The first-order valence-electron chi connectivity index (χ1n) is 10.0. The SMILES string of the molecule is CCCSc1cc(N[C@@H](Cc2ccc(NC(=O)c3c(Cl)cncc3Cl)cc2)C(=O)O)ncn1. The van der Waals surface area contributed by atoms with Crippen LogP contribution in [0.15, 0.2) is 54.1 Å². The Labute approximate surface area is 205 Å². The number of aliphatic carboxylic acids is 1. The molecule has 33 heavy (non-hydrogen) atoms. The van der Waals surface area contributed by atoms with Gasteiger partial charge >= 0.3 is 5.97 Å². The van der Waals surface area contributed by atoms with Crippen molar-refractivity contribution in [1.29, 1.82) is 0 Å². The molecule has 0 spiro atoms. The van der Waals surface area contributed by atoms with Crippen molar-refractivity contribution < 1.29 is 14.7 Å². The lowest BCUT2D eigenvalue weighted by Crippen LogP contribution is -2.31. The lowest BCUT2D eigenvalue weighted by atomic mass is 10.1. The molecule has 1 aromatic carbocycles. The molecule has 1 amide bonds. The van der Waals surface area contributed by atoms with E-state index in [-0.39, 0.29) is 22.0 Å². The summed E-state index contributed by atoms with van der Waals surface area (Å²) in [4.78, 5) is 36.4. The first kappa shape index (κ1) is 24.8. The van der Waals surface area contributed by atoms with Gasteiger partial charge in [-0.25, -0.2) is 14.8 Å². The zero-order valence-electron chi connectivity index (χ0n) is 17.6. The zero-order chi connectivity index (χ0) is 23.8. The average molecular weight is 506 g/mol. The summed E-state index contributed by atoms with van der Waals surface area (Å²) in [6.07, 6.45) is 5.32. The van der Waals surface area contributed by atoms with E-state index in [9.17, 15) is 14.7 Å². The fourth-order valence-electron chi connectivity index (χ4n) is 2.86. The summed E-state index contributed by atoms with van der Waals surface area (Å²) in [6, 6.07) is 7.69. The van der Waals surface area contributed by atoms with Crippen LogP contribution in [0.5, 0.6) is 0 Å². The second-order valence-corrected chi connectivity index (χ2v) is 8.89. The predicted molar refractivity (Wildman–Crippen MR) is 130 cm³/mol. The summed E-state index contributed by atoms with van der Waals surface area (Å²) < 4.78 is 0. The van der Waals surface area contributed by atoms with Crippen molar-refractivity contribution in [3.63, 3.8) is 0 Å². The Morgan fingerprint density at radius 2 is 1.82 bits per heavy atom. The molecule has 0 aliphatic heterocycles. The van der Waals surface area contributed by atoms with E-state index in [4.69, 9.17) is 23.2 Å². The van der Waals surface area contributed by atoms with E-state index in [1.807, 2.05) is 0 Å². The molecule has 8 nitrogen and oxygen atoms in total. The zero-order valence-corrected chi connectivity index (χ0v) is 19.9. The van der Waals surface area contributed by atoms with E-state index in [1.54, 1.807) is 42.1 Å². The van der Waals surface area contributed by atoms with Crippen LogP contribution >= 0.6 is 35.0 Å². The average Bonchev–Trinajstić information content (AvgIpc) is 2.78. The van der Waals surface area contributed by atoms with E-state index >= 15 is 0 Å². The summed E-state index contributed by atoms with van der Waals surface area (Å²) in [5.41, 5.74) is 1.41. The van der Waals surface area contributed by atoms with Crippen molar-refractivity contribution >= 4 is 58.3 Å². The molecule has 11 heteroatoms. The van der Waals surface area contributed by atoms with Crippen LogP contribution in [0, 0.1) is 0 Å². The number of pyridine rings is 1. The molecule has 0 fully saturated rings. The van der Waals surface area contributed by atoms with Crippen molar-refractivity contribution in [3.05, 3.63) is 70.2 Å². The van der Waals surface area contributed by atoms with E-state index < -0.39 is 17.9 Å². The van der Waals surface area contributed by atoms with E-state index in [0.717, 1.165) is 22.8 Å². The molecular weight excluding hydrogens is 485 g/mol. The number of benzene rings is 1. The maximum Gasteiger partial charge on any atom is 0.326 e. The molecule has 0 saturated carbocycles. The van der Waals surface area contributed by atoms with Gasteiger partial charge in [0.2, 0.25) is 0 Å². The third-order valence-electron chi connectivity index (χ3n) is 4.45. The van der Waals surface area contributed by atoms with E-state index in [2.05, 4.69) is 32.5 Å². The van der Waals surface area contributed by atoms with Crippen molar-refractivity contribution in [2.45, 2.75) is 30.8 Å². The Balaban J connectivity index is 1.66. The van der Waals surface area contributed by atoms with Crippen LogP contribution in [-0.2, 0) is 11.2 Å². The van der Waals surface area contributed by atoms with Gasteiger partial charge in [-0.2, -0.15) is 0 Å². The number of amides is 1. The molecule has 0 radical (unpaired) electrons. The molecule has 0 aliphatic carbocycles. The van der Waals surface area contributed by atoms with Crippen LogP contribution in [0.4, 0.5) is 11.5 Å². The number of rotatable bonds is 10. The Morgan fingerprint density at radius 3 is 2.45 bits per heavy atom. The first-order valence-corrected chi connectivity index (χ1v) is 11.7. The smallest absolute Gasteiger partial charge is 0.326 e. The highest BCUT2D eigenvalue weighted by Gasteiger charge is 2.19. The van der Waals surface area contributed by atoms with Crippen LogP contribution in [0.2, 0.25) is 10.0 Å². The highest BCUT2D eigenvalue weighted by molar-refractivity contribution is 7.99. The summed E-state index contributed by atoms with van der Waals surface area (Å²) in [7, 11) is 0. The van der Waals surface area contributed by atoms with E-state index in [1.165, 1.54) is 18.7 Å². The maximum absolute atomic E-state index is 12.5. The second kappa shape index (κ2) is 11.8. The van der Waals surface area contributed by atoms with Crippen molar-refractivity contribution in [3.8, 4) is 0 Å². The molecule has 0 saturated heterocycles. The number of thioether (sulfide) groups is 1. The molecular formula is C22H21Cl2N5O3S. The fraction of sp³-hybridized carbons (Fsp3) is 0.227. The third kappa shape index (κ3) is 7.05. The van der Waals surface area contributed by atoms with Gasteiger partial charge in [0.15, 0.2) is 0 Å². The molecule has 3 aromatic rings. The van der Waals surface area contributed by atoms with Gasteiger partial charge in [0.25, 0.3) is 5.91 Å². The highest BCUT2D eigenvalue weighted by Crippen LogP contribution is 2.24. The molecule has 3 rings (SSSR count). The number of nitrogens with zero attached hydrogens (tertiary/aromatic N) is 3. The number of nitrogens with one attached hydrogen (secondary N) is 2. The van der Waals surface area contributed by atoms with Crippen LogP contribution in [0.25, 0.3) is 0 Å². The van der Waals surface area contributed by atoms with Crippen LogP contribution in [0.1, 0.15) is 29.3 Å². The molecule has 1 atom stereocenters. The summed E-state index contributed by atoms with van der Waals surface area (Å²) >= 11 is 13.6. The molecule has 0 unspecified atom stereocenters. The van der Waals surface area contributed by atoms with Gasteiger partial charge in [0, 0.05) is 30.6 Å². The number of halogens is 2. The van der Waals surface area contributed by atoms with Gasteiger partial charge in [0.05, 0.1) is 15.6 Å². The van der Waals surface area contributed by atoms with Crippen molar-refractivity contribution in [2.24, 2.45) is 0 Å². The normalized spacial score (nSPS) is 11.6. The Morgan fingerprint density at radius 1 is 1.12 bits per heavy atom. The quantitative estimate of drug-likeness (QED) is 0.259. The Hall–Kier alpha value is -2.88. The minimum Gasteiger partial charge on any atom is -0.480 e. The number of carbonyl (C=O) groups excluding carboxylic acids is 1. The molecule has 2 aromatic heterocycles. The summed E-state index contributed by atoms with van der Waals surface area (Å²) in [5, 5.41) is 16.4. The largest absolute Gasteiger partial charge is 0.480 e. The van der Waals surface area contributed by atoms with Gasteiger partial charge in [-0.1, -0.05) is 42.3 Å². The van der Waals surface area contributed by atoms with E-state index in [0.29, 0.717) is 11.5 Å². The minimum absolute atomic E-state index is 0.133. The number of anilines is 2. The predicted octanol–water partition coefficient (Wildman–Crippen LogP) is 5.04. The first-order chi connectivity index (χ1) is 15.9. The molecule has 2 heterocycles. The maximum atomic E-state index is 12.5. The second-order valence-electron chi connectivity index (χ2n) is 6.96. The molecule has 0 bridgehead atoms. The number of carboxylic acid groups (broad SMARTS) is 1. The fourth-order valence-corrected chi connectivity index (χ4v) is 4.13. The Bertz CT molecular complexity index is 1110. The summed E-state index contributed by atoms with van der Waals surface area (Å²) in [6.45, 7) is 2.08. The molecule has 0 aliphatic rings. The van der Waals surface area contributed by atoms with Gasteiger partial charge < -0.3 is 15.7 Å². The lowest BCUT2D eigenvalue weighted by Gasteiger charge is -2.16. The minimum atomic E-state index is -1.00. The Kier molecular flexibility index (Phi) is 8.87. The summed E-state index contributed by atoms with van der Waals surface area (Å²) in [5.74, 6) is -0.103. The van der Waals surface area contributed by atoms with Gasteiger partial charge in [-0.05, 0) is 29.9 Å². The number of carbonyl (C=O) groups is 2. The number of aromatic nitrogens is 3. The number of hydrogen-bond donors (Lipinski definition) is 3. The molecule has 172 valence electrons. The topological polar surface area (TPSA) is 117 Å². The monoisotopic (exact) mass is 505 g/mol. The number of hydrogen-bond acceptors (Lipinski definition) is 7. The van der Waals surface area contributed by atoms with Crippen molar-refractivity contribution in [1.82, 2.24) is 15.0 Å².